The van der Waals surface area contributed by atoms with E-state index in [1.807, 2.05) is 6.92 Å². The molecule has 0 spiro atoms. The number of carbonyl (C=O) groups is 2. The third-order valence-electron chi connectivity index (χ3n) is 5.18. The van der Waals surface area contributed by atoms with Gasteiger partial charge in [0.15, 0.2) is 0 Å². The summed E-state index contributed by atoms with van der Waals surface area (Å²) in [6, 6.07) is 7.08. The molecule has 1 saturated carbocycles. The van der Waals surface area contributed by atoms with Crippen molar-refractivity contribution in [2.24, 2.45) is 11.8 Å². The number of amides is 2. The molecular weight excluding hydrogens is 302 g/mol. The maximum atomic E-state index is 12.5. The first-order valence-corrected chi connectivity index (χ1v) is 8.81. The zero-order chi connectivity index (χ0) is 17.7. The lowest BCUT2D eigenvalue weighted by Gasteiger charge is -2.36. The van der Waals surface area contributed by atoms with Gasteiger partial charge in [0.25, 0.3) is 5.91 Å². The second-order valence-electron chi connectivity index (χ2n) is 6.91. The Morgan fingerprint density at radius 2 is 1.96 bits per heavy atom. The third kappa shape index (κ3) is 4.57. The predicted molar refractivity (Wildman–Crippen MR) is 97.0 cm³/mol. The van der Waals surface area contributed by atoms with E-state index in [4.69, 9.17) is 0 Å². The number of carbonyl (C=O) groups excluding carboxylic acids is 2. The molecule has 3 N–H and O–H groups in total. The summed E-state index contributed by atoms with van der Waals surface area (Å²) >= 11 is 0. The van der Waals surface area contributed by atoms with Crippen LogP contribution in [0.25, 0.3) is 0 Å². The van der Waals surface area contributed by atoms with Gasteiger partial charge in [-0.15, -0.1) is 0 Å². The number of hydrogen-bond acceptors (Lipinski definition) is 3. The second kappa shape index (κ2) is 8.29. The minimum atomic E-state index is -0.272. The van der Waals surface area contributed by atoms with E-state index in [0.717, 1.165) is 6.42 Å². The van der Waals surface area contributed by atoms with Crippen LogP contribution in [0.3, 0.4) is 0 Å². The molecule has 0 unspecified atom stereocenters. The highest BCUT2D eigenvalue weighted by atomic mass is 16.2. The van der Waals surface area contributed by atoms with E-state index in [1.165, 1.54) is 12.8 Å². The Balaban J connectivity index is 1.95. The van der Waals surface area contributed by atoms with Crippen LogP contribution < -0.4 is 16.0 Å². The third-order valence-corrected chi connectivity index (χ3v) is 5.18. The fourth-order valence-corrected chi connectivity index (χ4v) is 3.35. The number of nitrogens with one attached hydrogen (secondary N) is 3. The molecule has 1 aromatic carbocycles. The van der Waals surface area contributed by atoms with Gasteiger partial charge in [0.1, 0.15) is 0 Å². The molecule has 1 aliphatic rings. The van der Waals surface area contributed by atoms with Crippen molar-refractivity contribution in [2.75, 3.05) is 12.4 Å². The van der Waals surface area contributed by atoms with E-state index in [1.54, 1.807) is 31.3 Å². The van der Waals surface area contributed by atoms with Gasteiger partial charge in [-0.2, -0.15) is 0 Å². The normalized spacial score (nSPS) is 24.9. The van der Waals surface area contributed by atoms with Crippen molar-refractivity contribution in [1.29, 1.82) is 0 Å². The van der Waals surface area contributed by atoms with Gasteiger partial charge in [-0.25, -0.2) is 0 Å². The molecule has 0 radical (unpaired) electrons. The van der Waals surface area contributed by atoms with Gasteiger partial charge in [0.05, 0.1) is 6.04 Å². The molecule has 132 valence electrons. The number of hydrogen-bond donors (Lipinski definition) is 3. The Hall–Kier alpha value is -1.88. The van der Waals surface area contributed by atoms with Gasteiger partial charge < -0.3 is 16.0 Å². The van der Waals surface area contributed by atoms with Crippen molar-refractivity contribution in [3.63, 3.8) is 0 Å². The number of anilines is 1. The van der Waals surface area contributed by atoms with Crippen LogP contribution in [0, 0.1) is 11.8 Å². The van der Waals surface area contributed by atoms with Crippen LogP contribution >= 0.6 is 0 Å². The van der Waals surface area contributed by atoms with Crippen molar-refractivity contribution in [3.8, 4) is 0 Å². The zero-order valence-electron chi connectivity index (χ0n) is 15.1. The summed E-state index contributed by atoms with van der Waals surface area (Å²) in [4.78, 5) is 24.1. The van der Waals surface area contributed by atoms with Gasteiger partial charge in [-0.1, -0.05) is 32.8 Å². The van der Waals surface area contributed by atoms with Crippen LogP contribution in [-0.4, -0.2) is 30.9 Å². The number of benzene rings is 1. The van der Waals surface area contributed by atoms with E-state index < -0.39 is 0 Å². The summed E-state index contributed by atoms with van der Waals surface area (Å²) in [5.41, 5.74) is 1.17. The molecule has 4 atom stereocenters. The second-order valence-corrected chi connectivity index (χ2v) is 6.91. The van der Waals surface area contributed by atoms with Crippen LogP contribution in [-0.2, 0) is 4.79 Å². The van der Waals surface area contributed by atoms with Crippen LogP contribution in [0.1, 0.15) is 50.4 Å². The molecule has 1 aromatic rings. The molecule has 2 rings (SSSR count). The summed E-state index contributed by atoms with van der Waals surface area (Å²) in [7, 11) is 1.59. The van der Waals surface area contributed by atoms with E-state index in [-0.39, 0.29) is 17.9 Å². The molecule has 2 amide bonds. The smallest absolute Gasteiger partial charge is 0.251 e. The molecule has 24 heavy (non-hydrogen) atoms. The van der Waals surface area contributed by atoms with Gasteiger partial charge in [-0.05, 0) is 43.4 Å². The van der Waals surface area contributed by atoms with Gasteiger partial charge >= 0.3 is 0 Å². The van der Waals surface area contributed by atoms with E-state index >= 15 is 0 Å². The van der Waals surface area contributed by atoms with E-state index in [2.05, 4.69) is 29.8 Å². The SMILES string of the molecule is CNC(=O)c1cccc(NC(=O)[C@H](C)N[C@@H]2CCC[C@@H](C)[C@@H]2C)c1. The first kappa shape index (κ1) is 18.5. The minimum Gasteiger partial charge on any atom is -0.355 e. The maximum absolute atomic E-state index is 12.5. The van der Waals surface area contributed by atoms with E-state index in [0.29, 0.717) is 29.1 Å². The molecule has 0 heterocycles. The van der Waals surface area contributed by atoms with Crippen LogP contribution in [0.15, 0.2) is 24.3 Å². The van der Waals surface area contributed by atoms with Crippen LogP contribution in [0.5, 0.6) is 0 Å². The van der Waals surface area contributed by atoms with Crippen LogP contribution in [0.2, 0.25) is 0 Å². The lowest BCUT2D eigenvalue weighted by molar-refractivity contribution is -0.118. The fourth-order valence-electron chi connectivity index (χ4n) is 3.35. The molecular formula is C19H29N3O2. The quantitative estimate of drug-likeness (QED) is 0.777. The molecule has 5 nitrogen and oxygen atoms in total. The Bertz CT molecular complexity index is 588. The summed E-state index contributed by atoms with van der Waals surface area (Å²) in [5, 5.41) is 8.96. The Kier molecular flexibility index (Phi) is 6.37. The molecule has 0 aromatic heterocycles. The van der Waals surface area contributed by atoms with Crippen molar-refractivity contribution >= 4 is 17.5 Å². The summed E-state index contributed by atoms with van der Waals surface area (Å²) in [6.07, 6.45) is 3.60. The summed E-state index contributed by atoms with van der Waals surface area (Å²) in [5.74, 6) is 1.03. The Labute approximate surface area is 144 Å². The highest BCUT2D eigenvalue weighted by Gasteiger charge is 2.29. The minimum absolute atomic E-state index is 0.0746. The summed E-state index contributed by atoms with van der Waals surface area (Å²) in [6.45, 7) is 6.44. The number of rotatable bonds is 5. The van der Waals surface area contributed by atoms with Crippen molar-refractivity contribution in [2.45, 2.75) is 52.1 Å². The fraction of sp³-hybridized carbons (Fsp3) is 0.579. The van der Waals surface area contributed by atoms with E-state index in [9.17, 15) is 9.59 Å². The van der Waals surface area contributed by atoms with Crippen LogP contribution in [0.4, 0.5) is 5.69 Å². The molecule has 0 saturated heterocycles. The van der Waals surface area contributed by atoms with Gasteiger partial charge in [0, 0.05) is 24.3 Å². The molecule has 5 heteroatoms. The first-order chi connectivity index (χ1) is 11.4. The first-order valence-electron chi connectivity index (χ1n) is 8.81. The van der Waals surface area contributed by atoms with Crippen molar-refractivity contribution in [1.82, 2.24) is 10.6 Å². The molecule has 1 aliphatic carbocycles. The van der Waals surface area contributed by atoms with Gasteiger partial charge in [0.2, 0.25) is 5.91 Å². The topological polar surface area (TPSA) is 70.2 Å². The molecule has 1 fully saturated rings. The maximum Gasteiger partial charge on any atom is 0.251 e. The van der Waals surface area contributed by atoms with Crippen molar-refractivity contribution < 1.29 is 9.59 Å². The highest BCUT2D eigenvalue weighted by molar-refractivity contribution is 5.98. The molecule has 0 aliphatic heterocycles. The average Bonchev–Trinajstić information content (AvgIpc) is 2.58. The zero-order valence-corrected chi connectivity index (χ0v) is 15.1. The monoisotopic (exact) mass is 331 g/mol. The van der Waals surface area contributed by atoms with Crippen molar-refractivity contribution in [3.05, 3.63) is 29.8 Å². The lowest BCUT2D eigenvalue weighted by Crippen LogP contribution is -2.49. The Morgan fingerprint density at radius 3 is 2.67 bits per heavy atom. The predicted octanol–water partition coefficient (Wildman–Crippen LogP) is 2.79. The standard InChI is InChI=1S/C19H29N3O2/c1-12-7-5-10-17(13(12)2)21-14(3)18(23)22-16-9-6-8-15(11-16)19(24)20-4/h6,8-9,11-14,17,21H,5,7,10H2,1-4H3,(H,20,24)(H,22,23)/t12-,13+,14+,17-/m1/s1. The average molecular weight is 331 g/mol. The summed E-state index contributed by atoms with van der Waals surface area (Å²) < 4.78 is 0. The van der Waals surface area contributed by atoms with Gasteiger partial charge in [-0.3, -0.25) is 9.59 Å². The Morgan fingerprint density at radius 1 is 1.21 bits per heavy atom. The lowest BCUT2D eigenvalue weighted by atomic mass is 9.78. The highest BCUT2D eigenvalue weighted by Crippen LogP contribution is 2.29. The largest absolute Gasteiger partial charge is 0.355 e. The molecule has 0 bridgehead atoms.